The van der Waals surface area contributed by atoms with Crippen molar-refractivity contribution >= 4 is 11.6 Å². The molecule has 1 aliphatic rings. The maximum atomic E-state index is 11.8. The van der Waals surface area contributed by atoms with Gasteiger partial charge >= 0.3 is 0 Å². The fraction of sp³-hybridized carbons (Fsp3) is 0.286. The lowest BCUT2D eigenvalue weighted by Crippen LogP contribution is -2.27. The number of nitrogens with two attached hydrogens (primary N) is 1. The van der Waals surface area contributed by atoms with Crippen molar-refractivity contribution in [2.45, 2.75) is 19.0 Å². The van der Waals surface area contributed by atoms with Gasteiger partial charge in [-0.15, -0.1) is 0 Å². The van der Waals surface area contributed by atoms with Crippen molar-refractivity contribution in [2.24, 2.45) is 5.73 Å². The van der Waals surface area contributed by atoms with Gasteiger partial charge in [0.1, 0.15) is 0 Å². The van der Waals surface area contributed by atoms with Crippen LogP contribution in [0.15, 0.2) is 42.7 Å². The number of aromatic nitrogens is 2. The number of hydrogen-bond acceptors (Lipinski definition) is 3. The fourth-order valence-electron chi connectivity index (χ4n) is 2.35. The molecule has 1 saturated heterocycles. The van der Waals surface area contributed by atoms with Gasteiger partial charge in [-0.1, -0.05) is 12.1 Å². The van der Waals surface area contributed by atoms with Crippen molar-refractivity contribution in [2.75, 3.05) is 11.4 Å². The Kier molecular flexibility index (Phi) is 3.05. The van der Waals surface area contributed by atoms with E-state index in [1.165, 1.54) is 0 Å². The maximum Gasteiger partial charge on any atom is 0.228 e. The summed E-state index contributed by atoms with van der Waals surface area (Å²) >= 11 is 0. The number of carbonyl (C=O) groups excluding carboxylic acids is 1. The molecule has 98 valence electrons. The van der Waals surface area contributed by atoms with Crippen LogP contribution in [0.3, 0.4) is 0 Å². The normalized spacial score (nSPS) is 19.1. The molecule has 5 nitrogen and oxygen atoms in total. The first-order valence-corrected chi connectivity index (χ1v) is 6.35. The predicted octanol–water partition coefficient (Wildman–Crippen LogP) is 0.995. The van der Waals surface area contributed by atoms with Crippen LogP contribution in [0.5, 0.6) is 0 Å². The molecule has 1 fully saturated rings. The molecule has 1 unspecified atom stereocenters. The first-order chi connectivity index (χ1) is 9.22. The van der Waals surface area contributed by atoms with Gasteiger partial charge < -0.3 is 10.6 Å². The van der Waals surface area contributed by atoms with E-state index in [9.17, 15) is 4.79 Å². The van der Waals surface area contributed by atoms with Crippen LogP contribution < -0.4 is 10.6 Å². The molecule has 2 heterocycles. The third kappa shape index (κ3) is 2.51. The molecule has 0 bridgehead atoms. The van der Waals surface area contributed by atoms with Gasteiger partial charge in [-0.3, -0.25) is 9.48 Å². The van der Waals surface area contributed by atoms with Crippen LogP contribution >= 0.6 is 0 Å². The minimum absolute atomic E-state index is 0.0451. The zero-order valence-corrected chi connectivity index (χ0v) is 10.6. The Balaban J connectivity index is 1.74. The number of benzene rings is 1. The van der Waals surface area contributed by atoms with Gasteiger partial charge in [0.05, 0.1) is 6.54 Å². The predicted molar refractivity (Wildman–Crippen MR) is 72.7 cm³/mol. The van der Waals surface area contributed by atoms with E-state index in [1.807, 2.05) is 41.2 Å². The molecule has 0 radical (unpaired) electrons. The van der Waals surface area contributed by atoms with Gasteiger partial charge in [0.15, 0.2) is 0 Å². The molecular weight excluding hydrogens is 240 g/mol. The first kappa shape index (κ1) is 11.9. The minimum Gasteiger partial charge on any atom is -0.326 e. The van der Waals surface area contributed by atoms with Crippen molar-refractivity contribution in [1.82, 2.24) is 9.78 Å². The molecule has 2 aromatic rings. The minimum atomic E-state index is -0.0451. The smallest absolute Gasteiger partial charge is 0.228 e. The van der Waals surface area contributed by atoms with E-state index in [0.29, 0.717) is 13.0 Å². The van der Waals surface area contributed by atoms with Gasteiger partial charge in [0.25, 0.3) is 0 Å². The Morgan fingerprint density at radius 2 is 2.11 bits per heavy atom. The largest absolute Gasteiger partial charge is 0.326 e. The van der Waals surface area contributed by atoms with Crippen molar-refractivity contribution in [3.05, 3.63) is 48.3 Å². The summed E-state index contributed by atoms with van der Waals surface area (Å²) < 4.78 is 1.87. The van der Waals surface area contributed by atoms with Gasteiger partial charge in [-0.2, -0.15) is 5.10 Å². The number of nitrogens with zero attached hydrogens (tertiary/aromatic N) is 3. The molecule has 19 heavy (non-hydrogen) atoms. The maximum absolute atomic E-state index is 11.8. The van der Waals surface area contributed by atoms with E-state index in [-0.39, 0.29) is 11.9 Å². The lowest BCUT2D eigenvalue weighted by molar-refractivity contribution is -0.117. The van der Waals surface area contributed by atoms with E-state index < -0.39 is 0 Å². The molecule has 5 heteroatoms. The van der Waals surface area contributed by atoms with Gasteiger partial charge in [-0.25, -0.2) is 0 Å². The monoisotopic (exact) mass is 256 g/mol. The van der Waals surface area contributed by atoms with Crippen LogP contribution in [-0.2, 0) is 11.3 Å². The number of rotatable bonds is 3. The Morgan fingerprint density at radius 1 is 1.32 bits per heavy atom. The van der Waals surface area contributed by atoms with E-state index >= 15 is 0 Å². The second kappa shape index (κ2) is 4.85. The van der Waals surface area contributed by atoms with Crippen molar-refractivity contribution in [3.8, 4) is 0 Å². The molecule has 2 N–H and O–H groups in total. The number of carbonyl (C=O) groups is 1. The van der Waals surface area contributed by atoms with Gasteiger partial charge in [-0.05, 0) is 23.8 Å². The highest BCUT2D eigenvalue weighted by atomic mass is 16.2. The number of anilines is 1. The van der Waals surface area contributed by atoms with Gasteiger partial charge in [0, 0.05) is 37.1 Å². The number of amides is 1. The van der Waals surface area contributed by atoms with Crippen molar-refractivity contribution in [3.63, 3.8) is 0 Å². The SMILES string of the molecule is NC1CC(=O)N(c2ccc(Cn3cccn3)cc2)C1. The second-order valence-electron chi connectivity index (χ2n) is 4.84. The molecule has 3 rings (SSSR count). The topological polar surface area (TPSA) is 64.2 Å². The molecule has 1 aliphatic heterocycles. The van der Waals surface area contributed by atoms with Gasteiger partial charge in [0.2, 0.25) is 5.91 Å². The van der Waals surface area contributed by atoms with E-state index in [2.05, 4.69) is 5.10 Å². The van der Waals surface area contributed by atoms with E-state index in [0.717, 1.165) is 17.8 Å². The van der Waals surface area contributed by atoms with Crippen molar-refractivity contribution < 1.29 is 4.79 Å². The molecule has 0 spiro atoms. The molecule has 1 amide bonds. The van der Waals surface area contributed by atoms with Crippen LogP contribution in [0.1, 0.15) is 12.0 Å². The molecule has 0 saturated carbocycles. The Labute approximate surface area is 111 Å². The highest BCUT2D eigenvalue weighted by Gasteiger charge is 2.27. The van der Waals surface area contributed by atoms with E-state index in [1.54, 1.807) is 11.1 Å². The Bertz CT molecular complexity index is 562. The van der Waals surface area contributed by atoms with Crippen LogP contribution in [0.25, 0.3) is 0 Å². The summed E-state index contributed by atoms with van der Waals surface area (Å²) in [6, 6.07) is 9.83. The summed E-state index contributed by atoms with van der Waals surface area (Å²) in [4.78, 5) is 13.5. The van der Waals surface area contributed by atoms with Crippen LogP contribution in [-0.4, -0.2) is 28.3 Å². The Morgan fingerprint density at radius 3 is 2.68 bits per heavy atom. The molecular formula is C14H16N4O. The standard InChI is InChI=1S/C14H16N4O/c15-12-8-14(19)18(10-12)13-4-2-11(3-5-13)9-17-7-1-6-16-17/h1-7,12H,8-10,15H2. The highest BCUT2D eigenvalue weighted by molar-refractivity contribution is 5.96. The van der Waals surface area contributed by atoms with Crippen molar-refractivity contribution in [1.29, 1.82) is 0 Å². The molecule has 1 atom stereocenters. The summed E-state index contributed by atoms with van der Waals surface area (Å²) in [5.41, 5.74) is 7.87. The molecule has 0 aliphatic carbocycles. The summed E-state index contributed by atoms with van der Waals surface area (Å²) in [5.74, 6) is 0.104. The zero-order valence-electron chi connectivity index (χ0n) is 10.6. The fourth-order valence-corrected chi connectivity index (χ4v) is 2.35. The lowest BCUT2D eigenvalue weighted by atomic mass is 10.2. The molecule has 1 aromatic carbocycles. The average Bonchev–Trinajstić information content (AvgIpc) is 3.00. The average molecular weight is 256 g/mol. The quantitative estimate of drug-likeness (QED) is 0.891. The molecule has 1 aromatic heterocycles. The third-order valence-corrected chi connectivity index (χ3v) is 3.31. The van der Waals surface area contributed by atoms with Crippen LogP contribution in [0.2, 0.25) is 0 Å². The Hall–Kier alpha value is -2.14. The second-order valence-corrected chi connectivity index (χ2v) is 4.84. The summed E-state index contributed by atoms with van der Waals surface area (Å²) in [6.07, 6.45) is 4.13. The third-order valence-electron chi connectivity index (χ3n) is 3.31. The highest BCUT2D eigenvalue weighted by Crippen LogP contribution is 2.21. The summed E-state index contributed by atoms with van der Waals surface area (Å²) in [5, 5.41) is 4.17. The summed E-state index contributed by atoms with van der Waals surface area (Å²) in [7, 11) is 0. The first-order valence-electron chi connectivity index (χ1n) is 6.35. The van der Waals surface area contributed by atoms with E-state index in [4.69, 9.17) is 5.73 Å². The lowest BCUT2D eigenvalue weighted by Gasteiger charge is -2.16. The zero-order chi connectivity index (χ0) is 13.2. The van der Waals surface area contributed by atoms with Crippen LogP contribution in [0, 0.1) is 0 Å². The number of hydrogen-bond donors (Lipinski definition) is 1. The van der Waals surface area contributed by atoms with Crippen LogP contribution in [0.4, 0.5) is 5.69 Å². The summed E-state index contributed by atoms with van der Waals surface area (Å²) in [6.45, 7) is 1.35.